The molecule has 0 spiro atoms. The van der Waals surface area contributed by atoms with Gasteiger partial charge in [-0.3, -0.25) is 4.79 Å². The molecule has 3 aromatic rings. The molecule has 0 saturated heterocycles. The summed E-state index contributed by atoms with van der Waals surface area (Å²) in [5.74, 6) is 1.60. The van der Waals surface area contributed by atoms with E-state index in [-0.39, 0.29) is 18.9 Å². The minimum Gasteiger partial charge on any atom is -0.497 e. The van der Waals surface area contributed by atoms with Crippen LogP contribution >= 0.6 is 23.2 Å². The summed E-state index contributed by atoms with van der Waals surface area (Å²) < 4.78 is 16.4. The van der Waals surface area contributed by atoms with Crippen LogP contribution in [0.1, 0.15) is 16.7 Å². The smallest absolute Gasteiger partial charge is 0.244 e. The molecule has 32 heavy (non-hydrogen) atoms. The number of carbonyl (C=O) groups excluding carboxylic acids is 1. The zero-order chi connectivity index (χ0) is 22.9. The second-order valence-electron chi connectivity index (χ2n) is 6.75. The largest absolute Gasteiger partial charge is 0.497 e. The molecule has 0 atom stereocenters. The lowest BCUT2D eigenvalue weighted by Crippen LogP contribution is -2.19. The van der Waals surface area contributed by atoms with Crippen molar-refractivity contribution in [1.82, 2.24) is 5.43 Å². The van der Waals surface area contributed by atoms with Crippen LogP contribution in [0.2, 0.25) is 10.0 Å². The lowest BCUT2D eigenvalue weighted by molar-refractivity contribution is -0.120. The van der Waals surface area contributed by atoms with Gasteiger partial charge in [0.2, 0.25) is 5.91 Å². The standard InChI is InChI=1S/C24H22Cl2N2O4/c1-30-20-8-3-16(4-9-20)12-24(29)28-27-14-17-5-10-22(23(11-17)31-2)32-15-18-6-7-19(25)13-21(18)26/h3-11,13-14H,12,15H2,1-2H3,(H,28,29)/b27-14-. The van der Waals surface area contributed by atoms with Crippen LogP contribution < -0.4 is 19.6 Å². The number of methoxy groups -OCH3 is 2. The molecular weight excluding hydrogens is 451 g/mol. The van der Waals surface area contributed by atoms with Gasteiger partial charge < -0.3 is 14.2 Å². The van der Waals surface area contributed by atoms with Crippen LogP contribution in [0.25, 0.3) is 0 Å². The number of ether oxygens (including phenoxy) is 3. The van der Waals surface area contributed by atoms with Crippen molar-refractivity contribution in [3.63, 3.8) is 0 Å². The molecule has 0 fully saturated rings. The fourth-order valence-corrected chi connectivity index (χ4v) is 3.29. The molecule has 1 N–H and O–H groups in total. The third kappa shape index (κ3) is 6.64. The predicted molar refractivity (Wildman–Crippen MR) is 126 cm³/mol. The van der Waals surface area contributed by atoms with Crippen molar-refractivity contribution in [3.8, 4) is 17.2 Å². The third-order valence-electron chi connectivity index (χ3n) is 4.51. The topological polar surface area (TPSA) is 69.2 Å². The van der Waals surface area contributed by atoms with Crippen molar-refractivity contribution in [2.75, 3.05) is 14.2 Å². The van der Waals surface area contributed by atoms with Gasteiger partial charge in [0.05, 0.1) is 26.9 Å². The highest BCUT2D eigenvalue weighted by Gasteiger charge is 2.08. The van der Waals surface area contributed by atoms with E-state index in [0.29, 0.717) is 21.5 Å². The van der Waals surface area contributed by atoms with Crippen molar-refractivity contribution in [2.24, 2.45) is 5.10 Å². The molecule has 0 unspecified atom stereocenters. The van der Waals surface area contributed by atoms with Crippen molar-refractivity contribution in [3.05, 3.63) is 87.4 Å². The molecule has 0 bridgehead atoms. The number of halogens is 2. The number of benzene rings is 3. The SMILES string of the molecule is COc1ccc(CC(=O)N/N=C\c2ccc(OCc3ccc(Cl)cc3Cl)c(OC)c2)cc1. The summed E-state index contributed by atoms with van der Waals surface area (Å²) >= 11 is 12.1. The first kappa shape index (κ1) is 23.4. The lowest BCUT2D eigenvalue weighted by Gasteiger charge is -2.12. The van der Waals surface area contributed by atoms with E-state index in [9.17, 15) is 4.79 Å². The van der Waals surface area contributed by atoms with Gasteiger partial charge in [0.15, 0.2) is 11.5 Å². The van der Waals surface area contributed by atoms with E-state index in [2.05, 4.69) is 10.5 Å². The minimum atomic E-state index is -0.224. The Balaban J connectivity index is 1.57. The molecule has 0 heterocycles. The summed E-state index contributed by atoms with van der Waals surface area (Å²) in [5, 5.41) is 5.11. The minimum absolute atomic E-state index is 0.213. The van der Waals surface area contributed by atoms with Crippen molar-refractivity contribution in [1.29, 1.82) is 0 Å². The summed E-state index contributed by atoms with van der Waals surface area (Å²) in [4.78, 5) is 12.1. The molecule has 0 aromatic heterocycles. The lowest BCUT2D eigenvalue weighted by atomic mass is 10.1. The Labute approximate surface area is 196 Å². The number of hydrogen-bond acceptors (Lipinski definition) is 5. The fourth-order valence-electron chi connectivity index (χ4n) is 2.83. The Bertz CT molecular complexity index is 1100. The van der Waals surface area contributed by atoms with Crippen LogP contribution in [0, 0.1) is 0 Å². The summed E-state index contributed by atoms with van der Waals surface area (Å²) in [6.45, 7) is 0.265. The highest BCUT2D eigenvalue weighted by atomic mass is 35.5. The Morgan fingerprint density at radius 1 is 0.969 bits per heavy atom. The Morgan fingerprint density at radius 2 is 1.75 bits per heavy atom. The molecule has 8 heteroatoms. The molecule has 0 radical (unpaired) electrons. The molecule has 0 aliphatic heterocycles. The molecule has 1 amide bonds. The van der Waals surface area contributed by atoms with Crippen molar-refractivity contribution in [2.45, 2.75) is 13.0 Å². The second-order valence-corrected chi connectivity index (χ2v) is 7.60. The number of nitrogens with one attached hydrogen (secondary N) is 1. The molecule has 166 valence electrons. The van der Waals surface area contributed by atoms with Gasteiger partial charge in [0.1, 0.15) is 12.4 Å². The van der Waals surface area contributed by atoms with Gasteiger partial charge in [-0.15, -0.1) is 0 Å². The van der Waals surface area contributed by atoms with Gasteiger partial charge >= 0.3 is 0 Å². The predicted octanol–water partition coefficient (Wildman–Crippen LogP) is 5.28. The van der Waals surface area contributed by atoms with E-state index >= 15 is 0 Å². The van der Waals surface area contributed by atoms with E-state index in [1.165, 1.54) is 6.21 Å². The average molecular weight is 473 g/mol. The molecule has 0 aliphatic carbocycles. The number of hydrogen-bond donors (Lipinski definition) is 1. The van der Waals surface area contributed by atoms with Crippen molar-refractivity contribution >= 4 is 35.3 Å². The third-order valence-corrected chi connectivity index (χ3v) is 5.10. The molecule has 0 saturated carbocycles. The van der Waals surface area contributed by atoms with E-state index in [4.69, 9.17) is 37.4 Å². The van der Waals surface area contributed by atoms with Crippen molar-refractivity contribution < 1.29 is 19.0 Å². The number of rotatable bonds is 9. The Hall–Kier alpha value is -3.22. The maximum absolute atomic E-state index is 12.1. The second kappa shape index (κ2) is 11.4. The molecule has 3 rings (SSSR count). The number of carbonyl (C=O) groups is 1. The molecule has 6 nitrogen and oxygen atoms in total. The maximum Gasteiger partial charge on any atom is 0.244 e. The van der Waals surface area contributed by atoms with E-state index in [1.807, 2.05) is 30.3 Å². The van der Waals surface area contributed by atoms with Crippen LogP contribution in [0.15, 0.2) is 65.8 Å². The Kier molecular flexibility index (Phi) is 8.36. The quantitative estimate of drug-likeness (QED) is 0.339. The molecule has 0 aliphatic rings. The van der Waals surface area contributed by atoms with Gasteiger partial charge in [0, 0.05) is 15.6 Å². The van der Waals surface area contributed by atoms with Gasteiger partial charge in [0.25, 0.3) is 0 Å². The molecular formula is C24H22Cl2N2O4. The fraction of sp³-hybridized carbons (Fsp3) is 0.167. The summed E-state index contributed by atoms with van der Waals surface area (Å²) in [6, 6.07) is 17.9. The van der Waals surface area contributed by atoms with Crippen LogP contribution in [0.3, 0.4) is 0 Å². The average Bonchev–Trinajstić information content (AvgIpc) is 2.79. The number of hydrazone groups is 1. The van der Waals surface area contributed by atoms with Crippen LogP contribution in [0.5, 0.6) is 17.2 Å². The zero-order valence-electron chi connectivity index (χ0n) is 17.6. The monoisotopic (exact) mass is 472 g/mol. The van der Waals surface area contributed by atoms with E-state index in [0.717, 1.165) is 22.4 Å². The van der Waals surface area contributed by atoms with Crippen LogP contribution in [-0.4, -0.2) is 26.3 Å². The maximum atomic E-state index is 12.1. The highest BCUT2D eigenvalue weighted by molar-refractivity contribution is 6.35. The van der Waals surface area contributed by atoms with Gasteiger partial charge in [-0.1, -0.05) is 41.4 Å². The van der Waals surface area contributed by atoms with E-state index < -0.39 is 0 Å². The van der Waals surface area contributed by atoms with E-state index in [1.54, 1.807) is 44.6 Å². The zero-order valence-corrected chi connectivity index (χ0v) is 19.1. The first-order valence-electron chi connectivity index (χ1n) is 9.68. The summed E-state index contributed by atoms with van der Waals surface area (Å²) in [7, 11) is 3.15. The molecule has 3 aromatic carbocycles. The highest BCUT2D eigenvalue weighted by Crippen LogP contribution is 2.29. The number of amides is 1. The normalized spacial score (nSPS) is 10.8. The summed E-state index contributed by atoms with van der Waals surface area (Å²) in [5.41, 5.74) is 4.93. The van der Waals surface area contributed by atoms with Crippen LogP contribution in [-0.2, 0) is 17.8 Å². The van der Waals surface area contributed by atoms with Gasteiger partial charge in [-0.25, -0.2) is 5.43 Å². The van der Waals surface area contributed by atoms with Gasteiger partial charge in [-0.2, -0.15) is 5.10 Å². The first-order valence-corrected chi connectivity index (χ1v) is 10.4. The first-order chi connectivity index (χ1) is 15.5. The summed E-state index contributed by atoms with van der Waals surface area (Å²) in [6.07, 6.45) is 1.75. The van der Waals surface area contributed by atoms with Crippen LogP contribution in [0.4, 0.5) is 0 Å². The number of nitrogens with zero attached hydrogens (tertiary/aromatic N) is 1. The Morgan fingerprint density at radius 3 is 2.44 bits per heavy atom. The van der Waals surface area contributed by atoms with Gasteiger partial charge in [-0.05, 0) is 53.6 Å².